The monoisotopic (exact) mass is 274 g/mol. The van der Waals surface area contributed by atoms with Crippen LogP contribution in [0, 0.1) is 0 Å². The summed E-state index contributed by atoms with van der Waals surface area (Å²) in [5.74, 6) is 0. The largest absolute Gasteiger partial charge is 0.481 e. The lowest BCUT2D eigenvalue weighted by Gasteiger charge is -2.11. The van der Waals surface area contributed by atoms with Crippen LogP contribution in [0.3, 0.4) is 0 Å². The van der Waals surface area contributed by atoms with E-state index < -0.39 is 15.6 Å². The lowest BCUT2D eigenvalue weighted by molar-refractivity contribution is 0.191. The molecule has 0 spiro atoms. The second kappa shape index (κ2) is 6.67. The van der Waals surface area contributed by atoms with Gasteiger partial charge in [0, 0.05) is 0 Å². The lowest BCUT2D eigenvalue weighted by atomic mass is 10.2. The molecule has 0 bridgehead atoms. The van der Waals surface area contributed by atoms with Gasteiger partial charge in [0.15, 0.2) is 0 Å². The second-order valence-corrected chi connectivity index (χ2v) is 5.97. The van der Waals surface area contributed by atoms with Gasteiger partial charge in [-0.1, -0.05) is 25.0 Å². The Morgan fingerprint density at radius 1 is 1.31 bits per heavy atom. The van der Waals surface area contributed by atoms with E-state index in [4.69, 9.17) is 14.7 Å². The molecule has 0 amide bonds. The first kappa shape index (κ1) is 16.0. The third kappa shape index (κ3) is 9.24. The summed E-state index contributed by atoms with van der Waals surface area (Å²) in [7, 11) is -9.72. The van der Waals surface area contributed by atoms with Gasteiger partial charge < -0.3 is 14.7 Å². The average Bonchev–Trinajstić information content (AvgIpc) is 1.98. The molecule has 1 atom stereocenters. The molecule has 1 unspecified atom stereocenters. The van der Waals surface area contributed by atoms with Gasteiger partial charge in [-0.2, -0.15) is 4.31 Å². The maximum Gasteiger partial charge on any atom is 0.481 e. The topological polar surface area (TPSA) is 113 Å². The lowest BCUT2D eigenvalue weighted by Crippen LogP contribution is -1.94. The van der Waals surface area contributed by atoms with Gasteiger partial charge in [-0.3, -0.25) is 4.52 Å². The van der Waals surface area contributed by atoms with Gasteiger partial charge in [0.2, 0.25) is 0 Å². The third-order valence-electron chi connectivity index (χ3n) is 1.52. The second-order valence-electron chi connectivity index (χ2n) is 3.14. The summed E-state index contributed by atoms with van der Waals surface area (Å²) in [6.07, 6.45) is 3.30. The molecule has 0 rings (SSSR count). The van der Waals surface area contributed by atoms with E-state index >= 15 is 0 Å². The Hall–Kier alpha value is -0.0000000000000000416. The van der Waals surface area contributed by atoms with Crippen LogP contribution < -0.4 is 0 Å². The molecule has 0 saturated heterocycles. The summed E-state index contributed by atoms with van der Waals surface area (Å²) >= 11 is 0. The molecule has 0 heterocycles. The fourth-order valence-corrected chi connectivity index (χ4v) is 2.45. The molecule has 0 fully saturated rings. The first-order valence-electron chi connectivity index (χ1n) is 4.56. The normalized spacial score (nSPS) is 17.2. The minimum atomic E-state index is -5.02. The molecule has 0 aliphatic carbocycles. The van der Waals surface area contributed by atoms with Crippen molar-refractivity contribution in [3.8, 4) is 0 Å². The quantitative estimate of drug-likeness (QED) is 0.480. The van der Waals surface area contributed by atoms with Crippen LogP contribution in [0.5, 0.6) is 0 Å². The zero-order chi connectivity index (χ0) is 12.8. The maximum absolute atomic E-state index is 11.0. The molecular formula is C7H16O7P2. The molecule has 0 aliphatic heterocycles. The van der Waals surface area contributed by atoms with Crippen molar-refractivity contribution in [3.05, 3.63) is 11.6 Å². The highest BCUT2D eigenvalue weighted by molar-refractivity contribution is 7.60. The Labute approximate surface area is 93.9 Å². The minimum absolute atomic E-state index is 0.236. The van der Waals surface area contributed by atoms with Gasteiger partial charge in [0.25, 0.3) is 0 Å². The molecule has 96 valence electrons. The van der Waals surface area contributed by atoms with E-state index in [1.807, 2.05) is 13.8 Å². The van der Waals surface area contributed by atoms with Gasteiger partial charge in [0.05, 0.1) is 6.61 Å². The third-order valence-corrected chi connectivity index (χ3v) is 3.68. The van der Waals surface area contributed by atoms with Crippen LogP contribution in [0.25, 0.3) is 0 Å². The number of hydrogen-bond acceptors (Lipinski definition) is 4. The van der Waals surface area contributed by atoms with E-state index in [0.717, 1.165) is 18.4 Å². The van der Waals surface area contributed by atoms with E-state index in [1.54, 1.807) is 6.08 Å². The van der Waals surface area contributed by atoms with Crippen molar-refractivity contribution in [2.24, 2.45) is 0 Å². The fraction of sp³-hybridized carbons (Fsp3) is 0.714. The van der Waals surface area contributed by atoms with Crippen molar-refractivity contribution >= 4 is 15.6 Å². The highest BCUT2D eigenvalue weighted by atomic mass is 31.3. The Morgan fingerprint density at radius 2 is 1.88 bits per heavy atom. The zero-order valence-electron chi connectivity index (χ0n) is 9.07. The van der Waals surface area contributed by atoms with Crippen LogP contribution in [0.1, 0.15) is 26.7 Å². The average molecular weight is 274 g/mol. The Bertz CT molecular complexity index is 332. The Morgan fingerprint density at radius 3 is 2.31 bits per heavy atom. The number of allylic oxidation sites excluding steroid dienone is 1. The number of phosphoric ester groups is 1. The Kier molecular flexibility index (Phi) is 6.67. The predicted molar refractivity (Wildman–Crippen MR) is 57.6 cm³/mol. The predicted octanol–water partition coefficient (Wildman–Crippen LogP) is 1.96. The molecule has 0 aromatic carbocycles. The van der Waals surface area contributed by atoms with E-state index in [-0.39, 0.29) is 6.61 Å². The highest BCUT2D eigenvalue weighted by Gasteiger charge is 2.31. The first-order valence-corrected chi connectivity index (χ1v) is 7.58. The summed E-state index contributed by atoms with van der Waals surface area (Å²) in [4.78, 5) is 25.5. The molecular weight excluding hydrogens is 258 g/mol. The van der Waals surface area contributed by atoms with Crippen LogP contribution in [-0.4, -0.2) is 21.3 Å². The van der Waals surface area contributed by atoms with Crippen molar-refractivity contribution in [1.29, 1.82) is 0 Å². The van der Waals surface area contributed by atoms with Crippen molar-refractivity contribution in [1.82, 2.24) is 0 Å². The van der Waals surface area contributed by atoms with Gasteiger partial charge in [0.1, 0.15) is 0 Å². The smallest absolute Gasteiger partial charge is 0.302 e. The molecule has 0 radical (unpaired) electrons. The number of rotatable bonds is 7. The fourth-order valence-electron chi connectivity index (χ4n) is 0.928. The maximum atomic E-state index is 11.0. The van der Waals surface area contributed by atoms with Crippen LogP contribution in [-0.2, 0) is 18.0 Å². The molecule has 16 heavy (non-hydrogen) atoms. The Balaban J connectivity index is 4.15. The molecule has 3 N–H and O–H groups in total. The molecule has 0 aromatic rings. The molecule has 0 saturated carbocycles. The van der Waals surface area contributed by atoms with Crippen molar-refractivity contribution in [2.45, 2.75) is 26.7 Å². The summed E-state index contributed by atoms with van der Waals surface area (Å²) in [5, 5.41) is 0. The van der Waals surface area contributed by atoms with Crippen LogP contribution >= 0.6 is 15.6 Å². The molecule has 9 heteroatoms. The van der Waals surface area contributed by atoms with Crippen LogP contribution in [0.2, 0.25) is 0 Å². The molecule has 0 aromatic heterocycles. The summed E-state index contributed by atoms with van der Waals surface area (Å²) in [6.45, 7) is 3.56. The SMILES string of the molecule is CCCC(C)=CCOP(=O)(O)OP(=O)(O)O. The van der Waals surface area contributed by atoms with E-state index in [9.17, 15) is 9.13 Å². The summed E-state index contributed by atoms with van der Waals surface area (Å²) in [6, 6.07) is 0. The van der Waals surface area contributed by atoms with Crippen molar-refractivity contribution < 1.29 is 32.6 Å². The van der Waals surface area contributed by atoms with Crippen LogP contribution in [0.15, 0.2) is 11.6 Å². The van der Waals surface area contributed by atoms with E-state index in [2.05, 4.69) is 8.83 Å². The first-order chi connectivity index (χ1) is 7.16. The molecule has 0 aliphatic rings. The standard InChI is InChI=1S/C7H16O7P2/c1-3-4-7(2)5-6-13-16(11,12)14-15(8,9)10/h5H,3-4,6H2,1-2H3,(H,11,12)(H2,8,9,10). The van der Waals surface area contributed by atoms with Crippen molar-refractivity contribution in [2.75, 3.05) is 6.61 Å². The van der Waals surface area contributed by atoms with Gasteiger partial charge >= 0.3 is 15.6 Å². The van der Waals surface area contributed by atoms with Crippen molar-refractivity contribution in [3.63, 3.8) is 0 Å². The van der Waals surface area contributed by atoms with Crippen LogP contribution in [0.4, 0.5) is 0 Å². The zero-order valence-corrected chi connectivity index (χ0v) is 10.9. The summed E-state index contributed by atoms with van der Waals surface area (Å²) < 4.78 is 29.2. The van der Waals surface area contributed by atoms with E-state index in [0.29, 0.717) is 0 Å². The van der Waals surface area contributed by atoms with Gasteiger partial charge in [-0.15, -0.1) is 0 Å². The highest BCUT2D eigenvalue weighted by Crippen LogP contribution is 2.57. The number of phosphoric acid groups is 2. The van der Waals surface area contributed by atoms with E-state index in [1.165, 1.54) is 0 Å². The van der Waals surface area contributed by atoms with Gasteiger partial charge in [-0.25, -0.2) is 9.13 Å². The minimum Gasteiger partial charge on any atom is -0.302 e. The number of hydrogen-bond donors (Lipinski definition) is 3. The van der Waals surface area contributed by atoms with Gasteiger partial charge in [-0.05, 0) is 13.3 Å². The summed E-state index contributed by atoms with van der Waals surface area (Å²) in [5.41, 5.74) is 0.957. The molecule has 7 nitrogen and oxygen atoms in total.